The van der Waals surface area contributed by atoms with Crippen molar-refractivity contribution in [3.63, 3.8) is 0 Å². The second-order valence-electron chi connectivity index (χ2n) is 6.16. The number of primary amides is 1. The van der Waals surface area contributed by atoms with E-state index in [1.807, 2.05) is 23.0 Å². The van der Waals surface area contributed by atoms with Gasteiger partial charge in [-0.3, -0.25) is 4.79 Å². The Labute approximate surface area is 154 Å². The molecule has 0 spiro atoms. The highest BCUT2D eigenvalue weighted by Crippen LogP contribution is 2.37. The van der Waals surface area contributed by atoms with Crippen LogP contribution < -0.4 is 5.73 Å². The first-order valence-electron chi connectivity index (χ1n) is 8.22. The van der Waals surface area contributed by atoms with Crippen molar-refractivity contribution in [2.75, 3.05) is 7.11 Å². The first kappa shape index (κ1) is 18.4. The number of halogens is 1. The molecule has 2 N–H and O–H groups in total. The summed E-state index contributed by atoms with van der Waals surface area (Å²) in [4.78, 5) is 27.7. The minimum atomic E-state index is -1.13. The third-order valence-electron chi connectivity index (χ3n) is 4.46. The van der Waals surface area contributed by atoms with Gasteiger partial charge in [-0.2, -0.15) is 0 Å². The summed E-state index contributed by atoms with van der Waals surface area (Å²) in [6, 6.07) is 7.72. The van der Waals surface area contributed by atoms with Gasteiger partial charge in [-0.25, -0.2) is 4.79 Å². The Hall–Kier alpha value is -3.36. The largest absolute Gasteiger partial charge is 0.441 e. The first-order valence-corrected chi connectivity index (χ1v) is 8.22. The lowest BCUT2D eigenvalue weighted by molar-refractivity contribution is -0.124. The molecule has 9 heteroatoms. The van der Waals surface area contributed by atoms with Crippen LogP contribution in [-0.4, -0.2) is 41.1 Å². The van der Waals surface area contributed by atoms with Crippen LogP contribution in [0.4, 0.5) is 9.28 Å². The van der Waals surface area contributed by atoms with Gasteiger partial charge in [0.1, 0.15) is 19.3 Å². The fourth-order valence-electron chi connectivity index (χ4n) is 2.94. The zero-order valence-corrected chi connectivity index (χ0v) is 14.8. The molecule has 27 heavy (non-hydrogen) atoms. The maximum absolute atomic E-state index is 14.3. The van der Waals surface area contributed by atoms with E-state index in [9.17, 15) is 14.1 Å². The number of nitrogens with two attached hydrogens (primary N) is 1. The molecular formula is C18H19FN4O4. The summed E-state index contributed by atoms with van der Waals surface area (Å²) in [5, 5.41) is 3.69. The van der Waals surface area contributed by atoms with Crippen LogP contribution in [0, 0.1) is 5.92 Å². The van der Waals surface area contributed by atoms with Crippen LogP contribution in [0.1, 0.15) is 24.1 Å². The highest BCUT2D eigenvalue weighted by molar-refractivity contribution is 5.79. The molecule has 0 saturated carbocycles. The average molecular weight is 374 g/mol. The van der Waals surface area contributed by atoms with E-state index in [-0.39, 0.29) is 5.12 Å². The highest BCUT2D eigenvalue weighted by Gasteiger charge is 2.47. The van der Waals surface area contributed by atoms with E-state index >= 15 is 0 Å². The molecule has 142 valence electrons. The lowest BCUT2D eigenvalue weighted by Crippen LogP contribution is -2.35. The van der Waals surface area contributed by atoms with E-state index in [0.717, 1.165) is 11.3 Å². The number of oxime groups is 1. The number of hydrogen-bond acceptors (Lipinski definition) is 5. The molecule has 2 amide bonds. The predicted octanol–water partition coefficient (Wildman–Crippen LogP) is 2.33. The number of ether oxygens (including phenoxy) is 1. The maximum Gasteiger partial charge on any atom is 0.439 e. The van der Waals surface area contributed by atoms with Crippen LogP contribution in [0.15, 0.2) is 47.9 Å². The standard InChI is InChI=1S/C18H19FN4O4/c1-11(17(20)24)16-15(23(19)18(25)27-16)13-3-5-14(6-4-13)22-8-7-12(10-22)9-21-26-2/h3-11,15-16H,1-2H3,(H2,20,24). The predicted molar refractivity (Wildman–Crippen MR) is 94.7 cm³/mol. The first-order chi connectivity index (χ1) is 12.9. The number of carbonyl (C=O) groups is 2. The molecule has 3 unspecified atom stereocenters. The van der Waals surface area contributed by atoms with Gasteiger partial charge in [-0.05, 0) is 30.7 Å². The Morgan fingerprint density at radius 1 is 1.37 bits per heavy atom. The van der Waals surface area contributed by atoms with Crippen LogP contribution in [0.25, 0.3) is 5.69 Å². The Kier molecular flexibility index (Phi) is 5.11. The molecule has 1 aromatic heterocycles. The molecule has 8 nitrogen and oxygen atoms in total. The van der Waals surface area contributed by atoms with E-state index in [4.69, 9.17) is 10.5 Å². The Morgan fingerprint density at radius 2 is 2.07 bits per heavy atom. The van der Waals surface area contributed by atoms with Gasteiger partial charge in [-0.1, -0.05) is 21.8 Å². The van der Waals surface area contributed by atoms with E-state index in [1.54, 1.807) is 30.5 Å². The molecule has 0 radical (unpaired) electrons. The van der Waals surface area contributed by atoms with Crippen molar-refractivity contribution in [2.24, 2.45) is 16.8 Å². The lowest BCUT2D eigenvalue weighted by Gasteiger charge is -2.22. The number of aromatic nitrogens is 1. The average Bonchev–Trinajstić information content (AvgIpc) is 3.25. The molecule has 3 rings (SSSR count). The highest BCUT2D eigenvalue weighted by atomic mass is 19.2. The number of nitrogens with zero attached hydrogens (tertiary/aromatic N) is 3. The Morgan fingerprint density at radius 3 is 2.70 bits per heavy atom. The molecule has 2 heterocycles. The van der Waals surface area contributed by atoms with Crippen molar-refractivity contribution in [1.29, 1.82) is 0 Å². The van der Waals surface area contributed by atoms with E-state index in [0.29, 0.717) is 5.56 Å². The van der Waals surface area contributed by atoms with E-state index in [1.165, 1.54) is 14.0 Å². The summed E-state index contributed by atoms with van der Waals surface area (Å²) in [5.74, 6) is -1.49. The molecular weight excluding hydrogens is 355 g/mol. The van der Waals surface area contributed by atoms with Crippen molar-refractivity contribution in [3.8, 4) is 5.69 Å². The molecule has 1 aromatic carbocycles. The summed E-state index contributed by atoms with van der Waals surface area (Å²) in [7, 11) is 1.46. The summed E-state index contributed by atoms with van der Waals surface area (Å²) in [6.45, 7) is 1.50. The number of cyclic esters (lactones) is 1. The number of rotatable bonds is 6. The van der Waals surface area contributed by atoms with Crippen molar-refractivity contribution in [2.45, 2.75) is 19.1 Å². The minimum absolute atomic E-state index is 0.00586. The zero-order valence-electron chi connectivity index (χ0n) is 14.8. The van der Waals surface area contributed by atoms with Gasteiger partial charge < -0.3 is 19.9 Å². The Bertz CT molecular complexity index is 865. The van der Waals surface area contributed by atoms with Crippen LogP contribution in [0.2, 0.25) is 0 Å². The molecule has 0 bridgehead atoms. The maximum atomic E-state index is 14.3. The van der Waals surface area contributed by atoms with Gasteiger partial charge in [0.15, 0.2) is 0 Å². The summed E-state index contributed by atoms with van der Waals surface area (Å²) in [5.41, 5.74) is 7.46. The number of amides is 2. The monoisotopic (exact) mass is 374 g/mol. The molecule has 2 aromatic rings. The topological polar surface area (TPSA) is 99.1 Å². The van der Waals surface area contributed by atoms with Gasteiger partial charge in [-0.15, -0.1) is 5.12 Å². The summed E-state index contributed by atoms with van der Waals surface area (Å²) >= 11 is 0. The van der Waals surface area contributed by atoms with Crippen molar-refractivity contribution in [3.05, 3.63) is 53.9 Å². The van der Waals surface area contributed by atoms with Gasteiger partial charge in [0.2, 0.25) is 5.91 Å². The second kappa shape index (κ2) is 7.48. The summed E-state index contributed by atoms with van der Waals surface area (Å²) in [6.07, 6.45) is 3.14. The zero-order chi connectivity index (χ0) is 19.6. The minimum Gasteiger partial charge on any atom is -0.441 e. The fraction of sp³-hybridized carbons (Fsp3) is 0.278. The van der Waals surface area contributed by atoms with Crippen molar-refractivity contribution in [1.82, 2.24) is 9.69 Å². The fourth-order valence-corrected chi connectivity index (χ4v) is 2.94. The quantitative estimate of drug-likeness (QED) is 0.476. The molecule has 0 aliphatic carbocycles. The normalized spacial score (nSPS) is 20.7. The number of hydrogen-bond donors (Lipinski definition) is 1. The molecule has 1 aliphatic heterocycles. The van der Waals surface area contributed by atoms with Gasteiger partial charge in [0.25, 0.3) is 0 Å². The van der Waals surface area contributed by atoms with E-state index < -0.39 is 30.1 Å². The molecule has 1 aliphatic rings. The SMILES string of the molecule is CON=Cc1ccn(-c2ccc(C3C(C(C)C(N)=O)OC(=O)N3F)cc2)c1. The van der Waals surface area contributed by atoms with Crippen LogP contribution in [0.5, 0.6) is 0 Å². The second-order valence-corrected chi connectivity index (χ2v) is 6.16. The number of carbonyl (C=O) groups excluding carboxylic acids is 2. The Balaban J connectivity index is 1.85. The molecule has 1 fully saturated rings. The van der Waals surface area contributed by atoms with Crippen LogP contribution >= 0.6 is 0 Å². The van der Waals surface area contributed by atoms with E-state index in [2.05, 4.69) is 9.99 Å². The lowest BCUT2D eigenvalue weighted by atomic mass is 9.92. The number of benzene rings is 1. The van der Waals surface area contributed by atoms with Crippen LogP contribution in [0.3, 0.4) is 0 Å². The van der Waals surface area contributed by atoms with Crippen LogP contribution in [-0.2, 0) is 14.4 Å². The third-order valence-corrected chi connectivity index (χ3v) is 4.46. The molecule has 3 atom stereocenters. The van der Waals surface area contributed by atoms with Gasteiger partial charge >= 0.3 is 6.09 Å². The van der Waals surface area contributed by atoms with Gasteiger partial charge in [0, 0.05) is 23.6 Å². The van der Waals surface area contributed by atoms with Gasteiger partial charge in [0.05, 0.1) is 12.1 Å². The van der Waals surface area contributed by atoms with Crippen molar-refractivity contribution >= 4 is 18.2 Å². The summed E-state index contributed by atoms with van der Waals surface area (Å²) < 4.78 is 21.1. The van der Waals surface area contributed by atoms with Crippen molar-refractivity contribution < 1.29 is 23.6 Å². The smallest absolute Gasteiger partial charge is 0.439 e. The molecule has 1 saturated heterocycles. The third kappa shape index (κ3) is 3.62.